The predicted octanol–water partition coefficient (Wildman–Crippen LogP) is 2.55. The van der Waals surface area contributed by atoms with E-state index in [9.17, 15) is 4.79 Å². The van der Waals surface area contributed by atoms with Crippen molar-refractivity contribution in [1.82, 2.24) is 0 Å². The summed E-state index contributed by atoms with van der Waals surface area (Å²) >= 11 is 0. The number of rotatable bonds is 1. The van der Waals surface area contributed by atoms with Gasteiger partial charge < -0.3 is 4.42 Å². The highest BCUT2D eigenvalue weighted by molar-refractivity contribution is 5.95. The molecule has 2 nitrogen and oxygen atoms in total. The second-order valence-corrected chi connectivity index (χ2v) is 3.07. The Morgan fingerprint density at radius 2 is 1.88 bits per heavy atom. The zero-order valence-corrected chi connectivity index (χ0v) is 8.44. The van der Waals surface area contributed by atoms with Crippen molar-refractivity contribution >= 4 is 11.5 Å². The molecule has 0 amide bonds. The van der Waals surface area contributed by atoms with E-state index in [1.165, 1.54) is 6.26 Å². The fraction of sp³-hybridized carbons (Fsp3) is 0. The molecule has 0 unspecified atom stereocenters. The Bertz CT molecular complexity index is 562. The van der Waals surface area contributed by atoms with E-state index >= 15 is 0 Å². The molecule has 0 radical (unpaired) electrons. The van der Waals surface area contributed by atoms with Crippen molar-refractivity contribution in [2.24, 2.45) is 0 Å². The lowest BCUT2D eigenvalue weighted by Gasteiger charge is -1.88. The minimum Gasteiger partial charge on any atom is -0.463 e. The van der Waals surface area contributed by atoms with Gasteiger partial charge in [0.2, 0.25) is 0 Å². The van der Waals surface area contributed by atoms with Gasteiger partial charge in [-0.1, -0.05) is 24.1 Å². The summed E-state index contributed by atoms with van der Waals surface area (Å²) in [6.07, 6.45) is 1.50. The molecule has 0 spiro atoms. The van der Waals surface area contributed by atoms with Gasteiger partial charge in [-0.25, -0.2) is 4.79 Å². The van der Waals surface area contributed by atoms with E-state index in [4.69, 9.17) is 4.42 Å². The Morgan fingerprint density at radius 3 is 2.50 bits per heavy atom. The Kier molecular flexibility index (Phi) is 3.04. The van der Waals surface area contributed by atoms with E-state index in [0.29, 0.717) is 5.76 Å². The SMILES string of the molecule is O=C=C(C#Cc1ccccc1)c1ccco1. The predicted molar refractivity (Wildman–Crippen MR) is 61.1 cm³/mol. The van der Waals surface area contributed by atoms with Gasteiger partial charge in [0.05, 0.1) is 6.26 Å². The standard InChI is InChI=1S/C14H8O2/c15-11-13(14-7-4-10-16-14)9-8-12-5-2-1-3-6-12/h1-7,10H. The molecule has 1 aromatic heterocycles. The summed E-state index contributed by atoms with van der Waals surface area (Å²) in [5.74, 6) is 7.83. The first kappa shape index (κ1) is 10.0. The van der Waals surface area contributed by atoms with Gasteiger partial charge in [0.1, 0.15) is 5.94 Å². The van der Waals surface area contributed by atoms with Gasteiger partial charge in [0.25, 0.3) is 0 Å². The first-order chi connectivity index (χ1) is 7.90. The summed E-state index contributed by atoms with van der Waals surface area (Å²) in [6.45, 7) is 0. The number of allylic oxidation sites excluding steroid dienone is 1. The van der Waals surface area contributed by atoms with Gasteiger partial charge in [0.15, 0.2) is 11.3 Å². The minimum atomic E-state index is 0.230. The van der Waals surface area contributed by atoms with Crippen molar-refractivity contribution in [1.29, 1.82) is 0 Å². The number of hydrogen-bond acceptors (Lipinski definition) is 2. The first-order valence-electron chi connectivity index (χ1n) is 4.76. The summed E-state index contributed by atoms with van der Waals surface area (Å²) in [6, 6.07) is 12.8. The average Bonchev–Trinajstić information content (AvgIpc) is 2.85. The molecule has 2 heteroatoms. The number of furan rings is 1. The molecule has 76 valence electrons. The molecule has 0 N–H and O–H groups in total. The molecule has 0 aliphatic heterocycles. The normalized spacial score (nSPS) is 8.75. The highest BCUT2D eigenvalue weighted by Gasteiger charge is 2.01. The van der Waals surface area contributed by atoms with Crippen molar-refractivity contribution in [3.8, 4) is 11.8 Å². The molecular weight excluding hydrogens is 200 g/mol. The van der Waals surface area contributed by atoms with E-state index in [-0.39, 0.29) is 5.57 Å². The van der Waals surface area contributed by atoms with Crippen LogP contribution in [-0.2, 0) is 4.79 Å². The fourth-order valence-corrected chi connectivity index (χ4v) is 1.21. The van der Waals surface area contributed by atoms with Gasteiger partial charge in [-0.05, 0) is 30.2 Å². The van der Waals surface area contributed by atoms with Crippen LogP contribution in [0.25, 0.3) is 5.57 Å². The van der Waals surface area contributed by atoms with Crippen LogP contribution in [-0.4, -0.2) is 5.94 Å². The summed E-state index contributed by atoms with van der Waals surface area (Å²) in [5, 5.41) is 0. The van der Waals surface area contributed by atoms with Crippen LogP contribution in [0.1, 0.15) is 11.3 Å². The molecule has 0 bridgehead atoms. The molecule has 0 aliphatic carbocycles. The monoisotopic (exact) mass is 208 g/mol. The highest BCUT2D eigenvalue weighted by atomic mass is 16.3. The van der Waals surface area contributed by atoms with Crippen LogP contribution in [0.15, 0.2) is 53.1 Å². The van der Waals surface area contributed by atoms with E-state index in [0.717, 1.165) is 5.56 Å². The third kappa shape index (κ3) is 2.30. The molecule has 2 rings (SSSR count). The van der Waals surface area contributed by atoms with Gasteiger partial charge in [0, 0.05) is 5.56 Å². The summed E-state index contributed by atoms with van der Waals surface area (Å²) in [4.78, 5) is 10.7. The Balaban J connectivity index is 2.28. The van der Waals surface area contributed by atoms with Crippen LogP contribution in [0.4, 0.5) is 0 Å². The molecule has 0 fully saturated rings. The zero-order valence-electron chi connectivity index (χ0n) is 8.44. The van der Waals surface area contributed by atoms with Gasteiger partial charge in [-0.15, -0.1) is 0 Å². The zero-order chi connectivity index (χ0) is 11.2. The molecule has 0 aliphatic rings. The molecule has 1 aromatic carbocycles. The summed E-state index contributed by atoms with van der Waals surface area (Å²) in [5.41, 5.74) is 1.08. The Hall–Kier alpha value is -2.49. The molecule has 1 heterocycles. The van der Waals surface area contributed by atoms with Crippen LogP contribution >= 0.6 is 0 Å². The van der Waals surface area contributed by atoms with Crippen molar-refractivity contribution in [3.63, 3.8) is 0 Å². The van der Waals surface area contributed by atoms with Crippen LogP contribution < -0.4 is 0 Å². The maximum Gasteiger partial charge on any atom is 0.153 e. The third-order valence-corrected chi connectivity index (χ3v) is 1.98. The lowest BCUT2D eigenvalue weighted by atomic mass is 10.2. The Morgan fingerprint density at radius 1 is 1.06 bits per heavy atom. The first-order valence-corrected chi connectivity index (χ1v) is 4.76. The van der Waals surface area contributed by atoms with Gasteiger partial charge >= 0.3 is 0 Å². The lowest BCUT2D eigenvalue weighted by molar-refractivity contribution is 0.550. The van der Waals surface area contributed by atoms with Crippen LogP contribution in [0.5, 0.6) is 0 Å². The van der Waals surface area contributed by atoms with Crippen molar-refractivity contribution in [3.05, 3.63) is 60.1 Å². The van der Waals surface area contributed by atoms with E-state index in [1.54, 1.807) is 18.1 Å². The van der Waals surface area contributed by atoms with Crippen LogP contribution in [0.2, 0.25) is 0 Å². The van der Waals surface area contributed by atoms with Crippen LogP contribution in [0, 0.1) is 11.8 Å². The second-order valence-electron chi connectivity index (χ2n) is 3.07. The van der Waals surface area contributed by atoms with E-state index < -0.39 is 0 Å². The third-order valence-electron chi connectivity index (χ3n) is 1.98. The number of benzene rings is 1. The summed E-state index contributed by atoms with van der Waals surface area (Å²) < 4.78 is 5.07. The molecule has 0 saturated carbocycles. The quantitative estimate of drug-likeness (QED) is 0.532. The molecule has 0 saturated heterocycles. The van der Waals surface area contributed by atoms with E-state index in [1.807, 2.05) is 30.3 Å². The number of carbonyl (C=O) groups excluding carboxylic acids is 1. The average molecular weight is 208 g/mol. The fourth-order valence-electron chi connectivity index (χ4n) is 1.21. The topological polar surface area (TPSA) is 30.2 Å². The Labute approximate surface area is 93.2 Å². The van der Waals surface area contributed by atoms with Gasteiger partial charge in [-0.3, -0.25) is 0 Å². The molecule has 2 aromatic rings. The van der Waals surface area contributed by atoms with Gasteiger partial charge in [-0.2, -0.15) is 0 Å². The highest BCUT2D eigenvalue weighted by Crippen LogP contribution is 2.10. The lowest BCUT2D eigenvalue weighted by Crippen LogP contribution is -1.78. The summed E-state index contributed by atoms with van der Waals surface area (Å²) in [7, 11) is 0. The molecule has 16 heavy (non-hydrogen) atoms. The maximum absolute atomic E-state index is 10.7. The minimum absolute atomic E-state index is 0.230. The second kappa shape index (κ2) is 4.84. The van der Waals surface area contributed by atoms with E-state index in [2.05, 4.69) is 11.8 Å². The molecule has 0 atom stereocenters. The molecular formula is C14H8O2. The van der Waals surface area contributed by atoms with Crippen LogP contribution in [0.3, 0.4) is 0 Å². The van der Waals surface area contributed by atoms with Crippen molar-refractivity contribution in [2.75, 3.05) is 0 Å². The van der Waals surface area contributed by atoms with Crippen molar-refractivity contribution < 1.29 is 9.21 Å². The number of hydrogen-bond donors (Lipinski definition) is 0. The smallest absolute Gasteiger partial charge is 0.153 e. The maximum atomic E-state index is 10.7. The largest absolute Gasteiger partial charge is 0.463 e. The van der Waals surface area contributed by atoms with Crippen molar-refractivity contribution in [2.45, 2.75) is 0 Å².